The summed E-state index contributed by atoms with van der Waals surface area (Å²) in [7, 11) is 0. The van der Waals surface area contributed by atoms with Crippen LogP contribution in [0.2, 0.25) is 0 Å². The van der Waals surface area contributed by atoms with Gasteiger partial charge in [0.25, 0.3) is 5.88 Å². The molecule has 2 aliphatic heterocycles. The molecule has 2 saturated heterocycles. The van der Waals surface area contributed by atoms with Crippen molar-refractivity contribution in [2.45, 2.75) is 70.9 Å². The number of amides is 1. The van der Waals surface area contributed by atoms with Gasteiger partial charge in [-0.25, -0.2) is 19.2 Å². The van der Waals surface area contributed by atoms with Crippen molar-refractivity contribution in [3.05, 3.63) is 52.7 Å². The van der Waals surface area contributed by atoms with E-state index in [1.165, 1.54) is 24.7 Å². The maximum Gasteiger partial charge on any atom is 0.345 e. The molecule has 2 N–H and O–H groups in total. The number of aromatic nitrogens is 5. The second-order valence-corrected chi connectivity index (χ2v) is 13.6. The predicted molar refractivity (Wildman–Crippen MR) is 162 cm³/mol. The summed E-state index contributed by atoms with van der Waals surface area (Å²) < 4.78 is 20.9. The Morgan fingerprint density at radius 2 is 1.95 bits per heavy atom. The van der Waals surface area contributed by atoms with Crippen LogP contribution in [0.4, 0.5) is 10.2 Å². The first-order valence-corrected chi connectivity index (χ1v) is 15.7. The fraction of sp³-hybridized carbons (Fsp3) is 0.562. The van der Waals surface area contributed by atoms with E-state index in [2.05, 4.69) is 54.1 Å². The van der Waals surface area contributed by atoms with Crippen molar-refractivity contribution in [3.63, 3.8) is 0 Å². The monoisotopic (exact) mass is 602 g/mol. The molecule has 0 radical (unpaired) electrons. The number of H-pyrrole nitrogens is 1. The van der Waals surface area contributed by atoms with Crippen LogP contribution in [0.15, 0.2) is 35.5 Å². The zero-order valence-corrected chi connectivity index (χ0v) is 25.4. The lowest BCUT2D eigenvalue weighted by molar-refractivity contribution is -0.121. The number of aromatic amines is 1. The van der Waals surface area contributed by atoms with Gasteiger partial charge in [0.1, 0.15) is 17.9 Å². The van der Waals surface area contributed by atoms with Crippen LogP contribution in [0, 0.1) is 23.1 Å². The molecule has 11 nitrogen and oxygen atoms in total. The standard InChI is InChI=1S/C32H39FN8O3/c1-18(2)28(21-10-23(11-21)37-19(3)42)41-15-32(16-41)8-9-40(14-32)29-30(39-36-17-35-29)44-26-7-6-22(33)12-24(26)25-13-34-31(43)38-27(25)20-4-5-20/h6-7,12-13,17-18,20-21,23,28H,4-5,8-11,14-16H2,1-3H3,(H,37,42)(H,34,38,43). The van der Waals surface area contributed by atoms with E-state index >= 15 is 0 Å². The van der Waals surface area contributed by atoms with Gasteiger partial charge in [-0.3, -0.25) is 9.69 Å². The highest BCUT2D eigenvalue weighted by Gasteiger charge is 2.53. The molecule has 0 bridgehead atoms. The van der Waals surface area contributed by atoms with Gasteiger partial charge in [-0.05, 0) is 68.1 Å². The van der Waals surface area contributed by atoms with Crippen LogP contribution < -0.4 is 20.6 Å². The molecule has 7 rings (SSSR count). The molecule has 4 heterocycles. The first kappa shape index (κ1) is 28.8. The zero-order chi connectivity index (χ0) is 30.6. The number of carbonyl (C=O) groups excluding carboxylic acids is 1. The molecule has 2 saturated carbocycles. The Morgan fingerprint density at radius 3 is 2.68 bits per heavy atom. The van der Waals surface area contributed by atoms with Gasteiger partial charge in [0, 0.05) is 73.6 Å². The maximum absolute atomic E-state index is 14.5. The Morgan fingerprint density at radius 1 is 1.16 bits per heavy atom. The van der Waals surface area contributed by atoms with Gasteiger partial charge in [0.15, 0.2) is 5.82 Å². The van der Waals surface area contributed by atoms with Crippen molar-refractivity contribution in [1.29, 1.82) is 0 Å². The Labute approximate surface area is 255 Å². The van der Waals surface area contributed by atoms with Gasteiger partial charge in [0.2, 0.25) is 5.91 Å². The van der Waals surface area contributed by atoms with Crippen molar-refractivity contribution >= 4 is 11.7 Å². The Balaban J connectivity index is 1.07. The molecule has 1 atom stereocenters. The maximum atomic E-state index is 14.5. The normalized spacial score (nSPS) is 23.3. The molecular weight excluding hydrogens is 563 g/mol. The Hall–Kier alpha value is -3.93. The summed E-state index contributed by atoms with van der Waals surface area (Å²) in [6, 6.07) is 5.14. The summed E-state index contributed by atoms with van der Waals surface area (Å²) in [5.74, 6) is 2.28. The minimum atomic E-state index is -0.422. The van der Waals surface area contributed by atoms with Crippen molar-refractivity contribution < 1.29 is 13.9 Å². The molecule has 3 aromatic rings. The van der Waals surface area contributed by atoms with Crippen molar-refractivity contribution in [2.75, 3.05) is 31.1 Å². The van der Waals surface area contributed by atoms with Crippen LogP contribution in [0.1, 0.15) is 64.5 Å². The molecular formula is C32H39FN8O3. The average Bonchev–Trinajstić information content (AvgIpc) is 3.70. The van der Waals surface area contributed by atoms with Crippen molar-refractivity contribution in [2.24, 2.45) is 17.3 Å². The van der Waals surface area contributed by atoms with Crippen LogP contribution in [0.5, 0.6) is 11.6 Å². The van der Waals surface area contributed by atoms with Gasteiger partial charge in [0.05, 0.1) is 0 Å². The van der Waals surface area contributed by atoms with Crippen molar-refractivity contribution in [1.82, 2.24) is 35.4 Å². The topological polar surface area (TPSA) is 129 Å². The molecule has 2 aliphatic carbocycles. The van der Waals surface area contributed by atoms with Crippen LogP contribution in [0.3, 0.4) is 0 Å². The van der Waals surface area contributed by atoms with Gasteiger partial charge in [-0.2, -0.15) is 0 Å². The third-order valence-corrected chi connectivity index (χ3v) is 9.82. The fourth-order valence-electron chi connectivity index (χ4n) is 7.77. The number of hydrogen-bond acceptors (Lipinski definition) is 9. The molecule has 4 fully saturated rings. The molecule has 12 heteroatoms. The Kier molecular flexibility index (Phi) is 7.34. The van der Waals surface area contributed by atoms with E-state index in [9.17, 15) is 14.0 Å². The number of benzene rings is 1. The van der Waals surface area contributed by atoms with Crippen LogP contribution in [0.25, 0.3) is 11.1 Å². The number of likely N-dealkylation sites (tertiary alicyclic amines) is 1. The summed E-state index contributed by atoms with van der Waals surface area (Å²) in [5.41, 5.74) is 1.65. The molecule has 2 aromatic heterocycles. The van der Waals surface area contributed by atoms with E-state index in [0.717, 1.165) is 64.0 Å². The zero-order valence-electron chi connectivity index (χ0n) is 25.4. The first-order chi connectivity index (χ1) is 21.2. The largest absolute Gasteiger partial charge is 0.434 e. The number of carbonyl (C=O) groups is 1. The number of nitrogens with one attached hydrogen (secondary N) is 2. The first-order valence-electron chi connectivity index (χ1n) is 15.7. The van der Waals surface area contributed by atoms with Crippen molar-refractivity contribution in [3.8, 4) is 22.8 Å². The van der Waals surface area contributed by atoms with E-state index in [-0.39, 0.29) is 23.1 Å². The Bertz CT molecular complexity index is 1610. The summed E-state index contributed by atoms with van der Waals surface area (Å²) in [5, 5.41) is 11.4. The number of halogens is 1. The number of nitrogens with zero attached hydrogens (tertiary/aromatic N) is 6. The quantitative estimate of drug-likeness (QED) is 0.375. The number of ether oxygens (including phenoxy) is 1. The van der Waals surface area contributed by atoms with E-state index < -0.39 is 11.5 Å². The fourth-order valence-corrected chi connectivity index (χ4v) is 7.77. The smallest absolute Gasteiger partial charge is 0.345 e. The number of rotatable bonds is 9. The molecule has 1 amide bonds. The second kappa shape index (κ2) is 11.2. The number of anilines is 1. The summed E-state index contributed by atoms with van der Waals surface area (Å²) >= 11 is 0. The van der Waals surface area contributed by atoms with Crippen LogP contribution in [-0.2, 0) is 4.79 Å². The van der Waals surface area contributed by atoms with Gasteiger partial charge >= 0.3 is 5.69 Å². The highest BCUT2D eigenvalue weighted by atomic mass is 19.1. The average molecular weight is 603 g/mol. The summed E-state index contributed by atoms with van der Waals surface area (Å²) in [6.07, 6.45) is 7.99. The lowest BCUT2D eigenvalue weighted by Gasteiger charge is -2.57. The van der Waals surface area contributed by atoms with Crippen LogP contribution >= 0.6 is 0 Å². The number of hydrogen-bond donors (Lipinski definition) is 2. The molecule has 1 spiro atoms. The van der Waals surface area contributed by atoms with Gasteiger partial charge in [-0.1, -0.05) is 13.8 Å². The molecule has 44 heavy (non-hydrogen) atoms. The second-order valence-electron chi connectivity index (χ2n) is 13.6. The third kappa shape index (κ3) is 5.55. The van der Waals surface area contributed by atoms with E-state index in [4.69, 9.17) is 4.74 Å². The molecule has 1 unspecified atom stereocenters. The van der Waals surface area contributed by atoms with Gasteiger partial charge < -0.3 is 19.9 Å². The summed E-state index contributed by atoms with van der Waals surface area (Å²) in [4.78, 5) is 39.7. The lowest BCUT2D eigenvalue weighted by atomic mass is 9.68. The molecule has 1 aromatic carbocycles. The van der Waals surface area contributed by atoms with Gasteiger partial charge in [-0.15, -0.1) is 10.2 Å². The van der Waals surface area contributed by atoms with E-state index in [1.54, 1.807) is 13.0 Å². The third-order valence-electron chi connectivity index (χ3n) is 9.82. The minimum Gasteiger partial charge on any atom is -0.434 e. The minimum absolute atomic E-state index is 0.0538. The lowest BCUT2D eigenvalue weighted by Crippen LogP contribution is -2.65. The molecule has 232 valence electrons. The summed E-state index contributed by atoms with van der Waals surface area (Å²) in [6.45, 7) is 9.94. The highest BCUT2D eigenvalue weighted by Crippen LogP contribution is 2.48. The van der Waals surface area contributed by atoms with E-state index in [1.807, 2.05) is 0 Å². The van der Waals surface area contributed by atoms with E-state index in [0.29, 0.717) is 46.6 Å². The predicted octanol–water partition coefficient (Wildman–Crippen LogP) is 3.88. The van der Waals surface area contributed by atoms with Crippen LogP contribution in [-0.4, -0.2) is 74.2 Å². The SMILES string of the molecule is CC(=O)NC1CC(C(C(C)C)N2CC3(CCN(c4ncnnc4Oc4ccc(F)cc4-c4cnc(=O)[nH]c4C4CC4)C3)C2)C1. The molecule has 4 aliphatic rings. The highest BCUT2D eigenvalue weighted by molar-refractivity contribution is 5.74.